The van der Waals surface area contributed by atoms with Crippen LogP contribution in [0.15, 0.2) is 47.3 Å². The van der Waals surface area contributed by atoms with Gasteiger partial charge in [0.2, 0.25) is 5.91 Å². The number of H-pyrrole nitrogens is 1. The van der Waals surface area contributed by atoms with E-state index in [1.54, 1.807) is 28.0 Å². The van der Waals surface area contributed by atoms with E-state index in [0.29, 0.717) is 61.5 Å². The molecule has 0 saturated carbocycles. The SMILES string of the molecule is CCC(=O)N1CCN(C(=O)c2cccc(Cc3n[nH]c(=O)c4ccccc34)n2)CC1. The summed E-state index contributed by atoms with van der Waals surface area (Å²) >= 11 is 0. The number of benzene rings is 1. The van der Waals surface area contributed by atoms with Gasteiger partial charge in [-0.1, -0.05) is 31.2 Å². The van der Waals surface area contributed by atoms with Crippen molar-refractivity contribution in [2.45, 2.75) is 19.8 Å². The van der Waals surface area contributed by atoms with Crippen LogP contribution < -0.4 is 5.56 Å². The Hall–Kier alpha value is -3.55. The van der Waals surface area contributed by atoms with Gasteiger partial charge in [0.05, 0.1) is 11.1 Å². The van der Waals surface area contributed by atoms with Crippen LogP contribution in [0.25, 0.3) is 10.8 Å². The van der Waals surface area contributed by atoms with E-state index in [-0.39, 0.29) is 17.4 Å². The first-order chi connectivity index (χ1) is 14.6. The smallest absolute Gasteiger partial charge is 0.272 e. The molecule has 30 heavy (non-hydrogen) atoms. The molecule has 8 heteroatoms. The average Bonchev–Trinajstić information content (AvgIpc) is 2.80. The summed E-state index contributed by atoms with van der Waals surface area (Å²) < 4.78 is 0. The van der Waals surface area contributed by atoms with Crippen molar-refractivity contribution in [1.29, 1.82) is 0 Å². The molecular formula is C22H23N5O3. The highest BCUT2D eigenvalue weighted by Crippen LogP contribution is 2.16. The van der Waals surface area contributed by atoms with Crippen molar-refractivity contribution in [2.24, 2.45) is 0 Å². The lowest BCUT2D eigenvalue weighted by Gasteiger charge is -2.34. The number of fused-ring (bicyclic) bond motifs is 1. The number of hydrogen-bond acceptors (Lipinski definition) is 5. The number of amides is 2. The third kappa shape index (κ3) is 3.94. The van der Waals surface area contributed by atoms with E-state index in [2.05, 4.69) is 15.2 Å². The number of aromatic nitrogens is 3. The molecule has 0 unspecified atom stereocenters. The molecular weight excluding hydrogens is 382 g/mol. The number of hydrogen-bond donors (Lipinski definition) is 1. The van der Waals surface area contributed by atoms with Gasteiger partial charge in [0, 0.05) is 50.1 Å². The minimum absolute atomic E-state index is 0.114. The van der Waals surface area contributed by atoms with Crippen molar-refractivity contribution in [3.05, 3.63) is 69.9 Å². The number of piperazine rings is 1. The summed E-state index contributed by atoms with van der Waals surface area (Å²) in [5, 5.41) is 8.07. The van der Waals surface area contributed by atoms with Crippen LogP contribution in [0, 0.1) is 0 Å². The quantitative estimate of drug-likeness (QED) is 0.711. The summed E-state index contributed by atoms with van der Waals surface area (Å²) in [5.41, 5.74) is 1.54. The number of nitrogens with one attached hydrogen (secondary N) is 1. The molecule has 1 aromatic carbocycles. The Morgan fingerprint density at radius 1 is 0.967 bits per heavy atom. The van der Waals surface area contributed by atoms with Crippen molar-refractivity contribution in [2.75, 3.05) is 26.2 Å². The molecule has 0 bridgehead atoms. The fraction of sp³-hybridized carbons (Fsp3) is 0.318. The van der Waals surface area contributed by atoms with Crippen molar-refractivity contribution >= 4 is 22.6 Å². The van der Waals surface area contributed by atoms with Crippen LogP contribution in [0.2, 0.25) is 0 Å². The average molecular weight is 405 g/mol. The van der Waals surface area contributed by atoms with Crippen molar-refractivity contribution in [1.82, 2.24) is 25.0 Å². The Morgan fingerprint density at radius 2 is 1.67 bits per heavy atom. The third-order valence-electron chi connectivity index (χ3n) is 5.37. The first kappa shape index (κ1) is 19.8. The number of aromatic amines is 1. The van der Waals surface area contributed by atoms with Crippen LogP contribution in [0.4, 0.5) is 0 Å². The Bertz CT molecular complexity index is 1150. The van der Waals surface area contributed by atoms with Crippen molar-refractivity contribution in [3.8, 4) is 0 Å². The Kier molecular flexibility index (Phi) is 5.56. The molecule has 1 aliphatic heterocycles. The van der Waals surface area contributed by atoms with Gasteiger partial charge < -0.3 is 9.80 Å². The van der Waals surface area contributed by atoms with Crippen LogP contribution in [0.5, 0.6) is 0 Å². The molecule has 1 fully saturated rings. The number of pyridine rings is 1. The summed E-state index contributed by atoms with van der Waals surface area (Å²) in [7, 11) is 0. The van der Waals surface area contributed by atoms with E-state index in [1.165, 1.54) is 0 Å². The van der Waals surface area contributed by atoms with Gasteiger partial charge in [-0.25, -0.2) is 10.1 Å². The van der Waals surface area contributed by atoms with E-state index >= 15 is 0 Å². The highest BCUT2D eigenvalue weighted by atomic mass is 16.2. The molecule has 0 spiro atoms. The van der Waals surface area contributed by atoms with Gasteiger partial charge in [-0.2, -0.15) is 5.10 Å². The maximum absolute atomic E-state index is 12.9. The van der Waals surface area contributed by atoms with Gasteiger partial charge >= 0.3 is 0 Å². The maximum atomic E-state index is 12.9. The summed E-state index contributed by atoms with van der Waals surface area (Å²) in [5.74, 6) is -0.0254. The van der Waals surface area contributed by atoms with Gasteiger partial charge in [-0.15, -0.1) is 0 Å². The zero-order valence-corrected chi connectivity index (χ0v) is 16.8. The molecule has 8 nitrogen and oxygen atoms in total. The Morgan fingerprint density at radius 3 is 2.40 bits per heavy atom. The normalized spacial score (nSPS) is 14.2. The Labute approximate surface area is 173 Å². The second-order valence-corrected chi connectivity index (χ2v) is 7.26. The van der Waals surface area contributed by atoms with E-state index < -0.39 is 0 Å². The fourth-order valence-electron chi connectivity index (χ4n) is 3.72. The number of carbonyl (C=O) groups is 2. The lowest BCUT2D eigenvalue weighted by Crippen LogP contribution is -2.50. The van der Waals surface area contributed by atoms with Gasteiger partial charge in [0.25, 0.3) is 11.5 Å². The maximum Gasteiger partial charge on any atom is 0.272 e. The minimum Gasteiger partial charge on any atom is -0.339 e. The van der Waals surface area contributed by atoms with Crippen LogP contribution in [-0.4, -0.2) is 63.0 Å². The lowest BCUT2D eigenvalue weighted by molar-refractivity contribution is -0.132. The standard InChI is InChI=1S/C22H23N5O3/c1-2-20(28)26-10-12-27(13-11-26)22(30)18-9-5-6-15(23-18)14-19-16-7-3-4-8-17(16)21(29)25-24-19/h3-9H,2,10-14H2,1H3,(H,25,29). The van der Waals surface area contributed by atoms with Gasteiger partial charge in [-0.3, -0.25) is 14.4 Å². The minimum atomic E-state index is -0.230. The third-order valence-corrected chi connectivity index (χ3v) is 5.37. The van der Waals surface area contributed by atoms with Crippen LogP contribution >= 0.6 is 0 Å². The number of rotatable bonds is 4. The molecule has 1 aliphatic rings. The largest absolute Gasteiger partial charge is 0.339 e. The zero-order valence-electron chi connectivity index (χ0n) is 16.8. The molecule has 2 aromatic heterocycles. The molecule has 1 N–H and O–H groups in total. The van der Waals surface area contributed by atoms with Crippen LogP contribution in [0.3, 0.4) is 0 Å². The summed E-state index contributed by atoms with van der Waals surface area (Å²) in [4.78, 5) is 44.8. The van der Waals surface area contributed by atoms with E-state index in [1.807, 2.05) is 31.2 Å². The van der Waals surface area contributed by atoms with Gasteiger partial charge in [0.1, 0.15) is 5.69 Å². The van der Waals surface area contributed by atoms with E-state index in [0.717, 1.165) is 5.39 Å². The van der Waals surface area contributed by atoms with Gasteiger partial charge in [-0.05, 0) is 18.2 Å². The summed E-state index contributed by atoms with van der Waals surface area (Å²) in [6, 6.07) is 12.6. The first-order valence-electron chi connectivity index (χ1n) is 10.1. The van der Waals surface area contributed by atoms with E-state index in [9.17, 15) is 14.4 Å². The first-order valence-corrected chi connectivity index (χ1v) is 10.1. The topological polar surface area (TPSA) is 99.3 Å². The fourth-order valence-corrected chi connectivity index (χ4v) is 3.72. The zero-order chi connectivity index (χ0) is 21.1. The van der Waals surface area contributed by atoms with Crippen molar-refractivity contribution < 1.29 is 9.59 Å². The molecule has 0 aliphatic carbocycles. The highest BCUT2D eigenvalue weighted by Gasteiger charge is 2.25. The number of nitrogens with zero attached hydrogens (tertiary/aromatic N) is 4. The second-order valence-electron chi connectivity index (χ2n) is 7.26. The highest BCUT2D eigenvalue weighted by molar-refractivity contribution is 5.92. The van der Waals surface area contributed by atoms with Crippen molar-refractivity contribution in [3.63, 3.8) is 0 Å². The summed E-state index contributed by atoms with van der Waals surface area (Å²) in [6.07, 6.45) is 0.877. The van der Waals surface area contributed by atoms with Gasteiger partial charge in [0.15, 0.2) is 0 Å². The molecule has 0 atom stereocenters. The second kappa shape index (κ2) is 8.44. The predicted octanol–water partition coefficient (Wildman–Crippen LogP) is 1.60. The summed E-state index contributed by atoms with van der Waals surface area (Å²) in [6.45, 7) is 3.94. The predicted molar refractivity (Wildman–Crippen MR) is 112 cm³/mol. The van der Waals surface area contributed by atoms with Crippen LogP contribution in [-0.2, 0) is 11.2 Å². The van der Waals surface area contributed by atoms with E-state index in [4.69, 9.17) is 0 Å². The molecule has 4 rings (SSSR count). The molecule has 154 valence electrons. The molecule has 0 radical (unpaired) electrons. The molecule has 2 amide bonds. The molecule has 3 aromatic rings. The number of carbonyl (C=O) groups excluding carboxylic acids is 2. The van der Waals surface area contributed by atoms with Crippen LogP contribution in [0.1, 0.15) is 35.2 Å². The monoisotopic (exact) mass is 405 g/mol. The molecule has 1 saturated heterocycles. The Balaban J connectivity index is 1.51. The molecule has 3 heterocycles. The lowest BCUT2D eigenvalue weighted by atomic mass is 10.1.